The molecule has 0 aliphatic rings. The van der Waals surface area contributed by atoms with Crippen LogP contribution < -0.4 is 0 Å². The van der Waals surface area contributed by atoms with Gasteiger partial charge in [0.1, 0.15) is 0 Å². The van der Waals surface area contributed by atoms with Crippen molar-refractivity contribution in [3.8, 4) is 0 Å². The van der Waals surface area contributed by atoms with E-state index in [4.69, 9.17) is 0 Å². The molecule has 4 atom stereocenters. The molecular formula is C6H6N4O4S4. The van der Waals surface area contributed by atoms with E-state index in [1.165, 1.54) is 12.1 Å². The minimum absolute atomic E-state index is 0.264. The molecule has 18 heavy (non-hydrogen) atoms. The maximum atomic E-state index is 11.7. The number of rotatable bonds is 0. The van der Waals surface area contributed by atoms with E-state index in [0.29, 0.717) is 0 Å². The number of hydrogen-bond donors (Lipinski definition) is 4. The molecule has 4 unspecified atom stereocenters. The predicted molar refractivity (Wildman–Crippen MR) is 68.7 cm³/mol. The molecular weight excluding hydrogens is 320 g/mol. The minimum Gasteiger partial charge on any atom is -0.569 e. The monoisotopic (exact) mass is 326 g/mol. The van der Waals surface area contributed by atoms with Crippen molar-refractivity contribution in [2.45, 2.75) is 0 Å². The van der Waals surface area contributed by atoms with Crippen molar-refractivity contribution in [3.63, 3.8) is 0 Å². The van der Waals surface area contributed by atoms with Crippen molar-refractivity contribution in [2.75, 3.05) is 0 Å². The summed E-state index contributed by atoms with van der Waals surface area (Å²) < 4.78 is 57.2. The third kappa shape index (κ3) is 1.79. The molecule has 4 N–H and O–H groups in total. The van der Waals surface area contributed by atoms with E-state index < -0.39 is 43.8 Å². The molecule has 3 aromatic rings. The molecule has 12 heteroatoms. The zero-order valence-corrected chi connectivity index (χ0v) is 11.7. The van der Waals surface area contributed by atoms with E-state index in [1.807, 2.05) is 0 Å². The number of nitrogens with one attached hydrogen (secondary N) is 4. The van der Waals surface area contributed by atoms with Gasteiger partial charge in [0.2, 0.25) is 0 Å². The summed E-state index contributed by atoms with van der Waals surface area (Å²) in [5, 5.41) is 0. The SMILES string of the molecule is [O-][s+]1[nH][nH][s+]([O-])c2cc3c(cc21)[s+]([O-])[nH][nH][s+]3[O-]. The molecule has 0 amide bonds. The van der Waals surface area contributed by atoms with Gasteiger partial charge in [0.25, 0.3) is 18.8 Å². The van der Waals surface area contributed by atoms with Gasteiger partial charge in [-0.1, -0.05) is 18.0 Å². The fraction of sp³-hybridized carbons (Fsp3) is 0. The second-order valence-electron chi connectivity index (χ2n) is 3.23. The molecule has 2 heterocycles. The number of benzene rings is 1. The van der Waals surface area contributed by atoms with Gasteiger partial charge in [-0.3, -0.25) is 0 Å². The smallest absolute Gasteiger partial charge is 0.263 e. The van der Waals surface area contributed by atoms with E-state index in [2.05, 4.69) is 18.0 Å². The Bertz CT molecular complexity index is 670. The van der Waals surface area contributed by atoms with Crippen LogP contribution in [0.3, 0.4) is 0 Å². The van der Waals surface area contributed by atoms with Crippen LogP contribution in [0.2, 0.25) is 0 Å². The highest BCUT2D eigenvalue weighted by molar-refractivity contribution is 7.36. The van der Waals surface area contributed by atoms with E-state index >= 15 is 0 Å². The summed E-state index contributed by atoms with van der Waals surface area (Å²) >= 11 is 0. The van der Waals surface area contributed by atoms with Crippen LogP contribution in [0, 0.1) is 0 Å². The molecule has 0 saturated carbocycles. The van der Waals surface area contributed by atoms with Crippen molar-refractivity contribution in [3.05, 3.63) is 12.1 Å². The first-order valence-corrected chi connectivity index (χ1v) is 9.05. The zero-order chi connectivity index (χ0) is 12.9. The molecule has 98 valence electrons. The quantitative estimate of drug-likeness (QED) is 0.370. The summed E-state index contributed by atoms with van der Waals surface area (Å²) in [6.45, 7) is 0. The van der Waals surface area contributed by atoms with Crippen LogP contribution in [0.1, 0.15) is 0 Å². The molecule has 0 fully saturated rings. The van der Waals surface area contributed by atoms with Crippen LogP contribution in [0.25, 0.3) is 18.8 Å². The molecule has 2 aromatic heterocycles. The van der Waals surface area contributed by atoms with Crippen molar-refractivity contribution < 1.29 is 18.2 Å². The Hall–Kier alpha value is -0.860. The molecule has 1 aromatic carbocycles. The summed E-state index contributed by atoms with van der Waals surface area (Å²) in [4.78, 5) is 0. The number of hydrogen-bond acceptors (Lipinski definition) is 4. The average Bonchev–Trinajstić information content (AvgIpc) is 2.37. The molecule has 0 aliphatic heterocycles. The highest BCUT2D eigenvalue weighted by atomic mass is 32.2. The maximum absolute atomic E-state index is 11.7. The Kier molecular flexibility index (Phi) is 2.95. The highest BCUT2D eigenvalue weighted by Gasteiger charge is 2.22. The van der Waals surface area contributed by atoms with Crippen molar-refractivity contribution in [1.82, 2.24) is 18.0 Å². The topological polar surface area (TPSA) is 155 Å². The minimum atomic E-state index is -1.60. The van der Waals surface area contributed by atoms with E-state index in [1.54, 1.807) is 0 Å². The van der Waals surface area contributed by atoms with Gasteiger partial charge >= 0.3 is 0 Å². The van der Waals surface area contributed by atoms with Crippen LogP contribution in [-0.4, -0.2) is 36.2 Å². The largest absolute Gasteiger partial charge is 0.569 e. The zero-order valence-electron chi connectivity index (χ0n) is 8.42. The molecule has 0 spiro atoms. The second-order valence-corrected chi connectivity index (χ2v) is 7.95. The number of fused-ring (bicyclic) bond motifs is 2. The van der Waals surface area contributed by atoms with Gasteiger partial charge in [0.05, 0.1) is 55.9 Å². The highest BCUT2D eigenvalue weighted by Crippen LogP contribution is 2.38. The standard InChI is InChI=1S/C6H6N4O4S4/c11-15-3-1-4-6(18(14)10-8-16(4)12)2-5(3)17(13)9-7-15/h1-2,7-10H. The lowest BCUT2D eigenvalue weighted by atomic mass is 10.4. The molecule has 0 radical (unpaired) electrons. The summed E-state index contributed by atoms with van der Waals surface area (Å²) in [7, 11) is -6.38. The Balaban J connectivity index is 2.59. The van der Waals surface area contributed by atoms with Gasteiger partial charge < -0.3 is 18.2 Å². The van der Waals surface area contributed by atoms with Crippen LogP contribution in [-0.2, 0) is 0 Å². The van der Waals surface area contributed by atoms with Gasteiger partial charge in [-0.25, -0.2) is 0 Å². The van der Waals surface area contributed by atoms with Gasteiger partial charge in [0.15, 0.2) is 0 Å². The summed E-state index contributed by atoms with van der Waals surface area (Å²) in [5.74, 6) is 0. The van der Waals surface area contributed by atoms with Gasteiger partial charge in [-0.15, -0.1) is 0 Å². The Morgan fingerprint density at radius 1 is 0.556 bits per heavy atom. The van der Waals surface area contributed by atoms with Crippen molar-refractivity contribution >= 4 is 62.6 Å². The lowest BCUT2D eigenvalue weighted by molar-refractivity contribution is 0.578. The van der Waals surface area contributed by atoms with Crippen molar-refractivity contribution in [2.24, 2.45) is 0 Å². The third-order valence-corrected chi connectivity index (χ3v) is 6.88. The second kappa shape index (κ2) is 4.36. The van der Waals surface area contributed by atoms with Crippen LogP contribution in [0.5, 0.6) is 0 Å². The lowest BCUT2D eigenvalue weighted by Gasteiger charge is -2.02. The molecule has 0 bridgehead atoms. The predicted octanol–water partition coefficient (Wildman–Crippen LogP) is 2.46. The Morgan fingerprint density at radius 3 is 1.00 bits per heavy atom. The van der Waals surface area contributed by atoms with Gasteiger partial charge in [0, 0.05) is 0 Å². The van der Waals surface area contributed by atoms with Gasteiger partial charge in [-0.05, 0) is 0 Å². The first-order valence-electron chi connectivity index (χ1n) is 4.45. The molecule has 8 nitrogen and oxygen atoms in total. The summed E-state index contributed by atoms with van der Waals surface area (Å²) in [6, 6.07) is 2.77. The molecule has 3 rings (SSSR count). The van der Waals surface area contributed by atoms with Crippen LogP contribution >= 0.6 is 43.8 Å². The van der Waals surface area contributed by atoms with E-state index in [9.17, 15) is 18.2 Å². The van der Waals surface area contributed by atoms with E-state index in [-0.39, 0.29) is 18.8 Å². The number of H-pyrrole nitrogens is 4. The molecule has 0 saturated heterocycles. The Labute approximate surface area is 111 Å². The summed E-state index contributed by atoms with van der Waals surface area (Å²) in [5.41, 5.74) is 0. The Morgan fingerprint density at radius 2 is 0.778 bits per heavy atom. The normalized spacial score (nSPS) is 15.3. The van der Waals surface area contributed by atoms with Gasteiger partial charge in [-0.2, -0.15) is 0 Å². The molecule has 0 aliphatic carbocycles. The lowest BCUT2D eigenvalue weighted by Crippen LogP contribution is -1.88. The number of aromatic amines is 4. The van der Waals surface area contributed by atoms with E-state index in [0.717, 1.165) is 0 Å². The summed E-state index contributed by atoms with van der Waals surface area (Å²) in [6.07, 6.45) is 0. The average molecular weight is 326 g/mol. The van der Waals surface area contributed by atoms with Crippen LogP contribution in [0.15, 0.2) is 12.1 Å². The number of aromatic nitrogens is 4. The fourth-order valence-electron chi connectivity index (χ4n) is 1.47. The maximum Gasteiger partial charge on any atom is 0.263 e. The van der Waals surface area contributed by atoms with Crippen LogP contribution in [0.4, 0.5) is 0 Å². The van der Waals surface area contributed by atoms with Crippen molar-refractivity contribution in [1.29, 1.82) is 0 Å². The fourth-order valence-corrected chi connectivity index (χ4v) is 6.05. The first-order chi connectivity index (χ1) is 8.58. The first kappa shape index (κ1) is 12.2. The third-order valence-electron chi connectivity index (χ3n) is 2.26.